The van der Waals surface area contributed by atoms with Crippen LogP contribution in [0, 0.1) is 0 Å². The number of nitrogens with one attached hydrogen (secondary N) is 2. The first kappa shape index (κ1) is 16.3. The highest BCUT2D eigenvalue weighted by Crippen LogP contribution is 2.22. The number of halogens is 1. The zero-order valence-electron chi connectivity index (χ0n) is 13.1. The third kappa shape index (κ3) is 4.45. The Morgan fingerprint density at radius 3 is 2.75 bits per heavy atom. The SMILES string of the molecule is O=C(NC[C@@H]1C[C@H](F)CN1Cc1cncnc1)Nc1ccncc1. The predicted molar refractivity (Wildman–Crippen MR) is 87.0 cm³/mol. The van der Waals surface area contributed by atoms with Crippen molar-refractivity contribution in [2.75, 3.05) is 18.4 Å². The predicted octanol–water partition coefficient (Wildman–Crippen LogP) is 1.61. The largest absolute Gasteiger partial charge is 0.336 e. The lowest BCUT2D eigenvalue weighted by Crippen LogP contribution is -2.41. The number of hydrogen-bond acceptors (Lipinski definition) is 5. The van der Waals surface area contributed by atoms with Crippen molar-refractivity contribution < 1.29 is 9.18 Å². The smallest absolute Gasteiger partial charge is 0.319 e. The number of carbonyl (C=O) groups is 1. The van der Waals surface area contributed by atoms with Crippen LogP contribution in [0.3, 0.4) is 0 Å². The molecule has 1 saturated heterocycles. The number of carbonyl (C=O) groups excluding carboxylic acids is 1. The van der Waals surface area contributed by atoms with Crippen LogP contribution in [-0.4, -0.2) is 51.2 Å². The average molecular weight is 330 g/mol. The van der Waals surface area contributed by atoms with Gasteiger partial charge in [0.15, 0.2) is 0 Å². The van der Waals surface area contributed by atoms with Crippen LogP contribution >= 0.6 is 0 Å². The molecule has 2 N–H and O–H groups in total. The Hall–Kier alpha value is -2.61. The molecule has 2 amide bonds. The Morgan fingerprint density at radius 2 is 2.00 bits per heavy atom. The maximum Gasteiger partial charge on any atom is 0.319 e. The van der Waals surface area contributed by atoms with Gasteiger partial charge in [-0.05, 0) is 18.6 Å². The number of rotatable bonds is 5. The summed E-state index contributed by atoms with van der Waals surface area (Å²) in [4.78, 5) is 25.8. The fourth-order valence-corrected chi connectivity index (χ4v) is 2.80. The molecule has 1 fully saturated rings. The summed E-state index contributed by atoms with van der Waals surface area (Å²) in [5.41, 5.74) is 1.59. The number of hydrogen-bond donors (Lipinski definition) is 2. The van der Waals surface area contributed by atoms with Crippen LogP contribution in [0.15, 0.2) is 43.2 Å². The molecule has 3 heterocycles. The number of alkyl halides is 1. The Labute approximate surface area is 139 Å². The van der Waals surface area contributed by atoms with E-state index in [1.165, 1.54) is 6.33 Å². The second-order valence-corrected chi connectivity index (χ2v) is 5.73. The van der Waals surface area contributed by atoms with Crippen LogP contribution < -0.4 is 10.6 Å². The molecule has 7 nitrogen and oxygen atoms in total. The lowest BCUT2D eigenvalue weighted by Gasteiger charge is -2.24. The van der Waals surface area contributed by atoms with Crippen LogP contribution in [0.4, 0.5) is 14.9 Å². The van der Waals surface area contributed by atoms with E-state index in [2.05, 4.69) is 25.6 Å². The Balaban J connectivity index is 1.52. The number of nitrogens with zero attached hydrogens (tertiary/aromatic N) is 4. The van der Waals surface area contributed by atoms with E-state index < -0.39 is 6.17 Å². The van der Waals surface area contributed by atoms with E-state index in [1.807, 2.05) is 4.90 Å². The van der Waals surface area contributed by atoms with Crippen molar-refractivity contribution in [2.45, 2.75) is 25.2 Å². The van der Waals surface area contributed by atoms with Crippen LogP contribution in [0.2, 0.25) is 0 Å². The number of anilines is 1. The summed E-state index contributed by atoms with van der Waals surface area (Å²) < 4.78 is 13.8. The molecule has 1 aliphatic rings. The quantitative estimate of drug-likeness (QED) is 0.870. The van der Waals surface area contributed by atoms with E-state index in [0.29, 0.717) is 31.7 Å². The summed E-state index contributed by atoms with van der Waals surface area (Å²) >= 11 is 0. The second kappa shape index (κ2) is 7.78. The third-order valence-corrected chi connectivity index (χ3v) is 3.91. The maximum absolute atomic E-state index is 13.8. The van der Waals surface area contributed by atoms with Gasteiger partial charge in [-0.15, -0.1) is 0 Å². The van der Waals surface area contributed by atoms with Gasteiger partial charge in [-0.25, -0.2) is 19.2 Å². The summed E-state index contributed by atoms with van der Waals surface area (Å²) in [5, 5.41) is 5.52. The molecule has 2 aromatic rings. The van der Waals surface area contributed by atoms with Crippen molar-refractivity contribution in [3.63, 3.8) is 0 Å². The molecular formula is C16H19FN6O. The van der Waals surface area contributed by atoms with Gasteiger partial charge in [-0.2, -0.15) is 0 Å². The Morgan fingerprint density at radius 1 is 1.25 bits per heavy atom. The number of urea groups is 1. The molecule has 0 bridgehead atoms. The molecule has 0 radical (unpaired) electrons. The van der Waals surface area contributed by atoms with Gasteiger partial charge in [0.2, 0.25) is 0 Å². The van der Waals surface area contributed by atoms with Gasteiger partial charge in [0, 0.05) is 61.7 Å². The van der Waals surface area contributed by atoms with Crippen LogP contribution in [0.25, 0.3) is 0 Å². The fraction of sp³-hybridized carbons (Fsp3) is 0.375. The summed E-state index contributed by atoms with van der Waals surface area (Å²) in [6.45, 7) is 1.30. The monoisotopic (exact) mass is 330 g/mol. The van der Waals surface area contributed by atoms with E-state index in [-0.39, 0.29) is 12.1 Å². The molecule has 8 heteroatoms. The van der Waals surface area contributed by atoms with Gasteiger partial charge in [-0.1, -0.05) is 0 Å². The van der Waals surface area contributed by atoms with Crippen LogP contribution in [0.5, 0.6) is 0 Å². The van der Waals surface area contributed by atoms with E-state index in [1.54, 1.807) is 36.9 Å². The first-order valence-corrected chi connectivity index (χ1v) is 7.77. The molecular weight excluding hydrogens is 311 g/mol. The van der Waals surface area contributed by atoms with E-state index >= 15 is 0 Å². The molecule has 1 aliphatic heterocycles. The fourth-order valence-electron chi connectivity index (χ4n) is 2.80. The van der Waals surface area contributed by atoms with Crippen LogP contribution in [0.1, 0.15) is 12.0 Å². The Bertz CT molecular complexity index is 656. The van der Waals surface area contributed by atoms with Gasteiger partial charge in [0.25, 0.3) is 0 Å². The molecule has 2 aromatic heterocycles. The van der Waals surface area contributed by atoms with Crippen molar-refractivity contribution >= 4 is 11.7 Å². The minimum atomic E-state index is -0.885. The maximum atomic E-state index is 13.8. The third-order valence-electron chi connectivity index (χ3n) is 3.91. The molecule has 0 aromatic carbocycles. The van der Waals surface area contributed by atoms with Gasteiger partial charge >= 0.3 is 6.03 Å². The molecule has 126 valence electrons. The molecule has 0 aliphatic carbocycles. The summed E-state index contributed by atoms with van der Waals surface area (Å²) in [7, 11) is 0. The standard InChI is InChI=1S/C16H19FN6O/c17-13-5-15(23(10-13)9-12-6-19-11-20-7-12)8-21-16(24)22-14-1-3-18-4-2-14/h1-4,6-7,11,13,15H,5,8-10H2,(H2,18,21,22,24)/t13-,15-/m0/s1. The molecule has 0 spiro atoms. The van der Waals surface area contributed by atoms with Gasteiger partial charge in [0.05, 0.1) is 0 Å². The van der Waals surface area contributed by atoms with Gasteiger partial charge < -0.3 is 10.6 Å². The van der Waals surface area contributed by atoms with Gasteiger partial charge in [-0.3, -0.25) is 9.88 Å². The zero-order chi connectivity index (χ0) is 16.8. The Kier molecular flexibility index (Phi) is 5.27. The minimum absolute atomic E-state index is 0.0524. The van der Waals surface area contributed by atoms with Crippen molar-refractivity contribution in [3.8, 4) is 0 Å². The topological polar surface area (TPSA) is 83.0 Å². The first-order valence-electron chi connectivity index (χ1n) is 7.77. The molecule has 0 saturated carbocycles. The van der Waals surface area contributed by atoms with Crippen LogP contribution in [-0.2, 0) is 6.54 Å². The number of amides is 2. The van der Waals surface area contributed by atoms with Crippen molar-refractivity contribution in [1.82, 2.24) is 25.2 Å². The van der Waals surface area contributed by atoms with Gasteiger partial charge in [0.1, 0.15) is 12.5 Å². The molecule has 0 unspecified atom stereocenters. The lowest BCUT2D eigenvalue weighted by molar-refractivity contribution is 0.224. The number of likely N-dealkylation sites (tertiary alicyclic amines) is 1. The van der Waals surface area contributed by atoms with E-state index in [4.69, 9.17) is 0 Å². The molecule has 2 atom stereocenters. The van der Waals surface area contributed by atoms with E-state index in [9.17, 15) is 9.18 Å². The highest BCUT2D eigenvalue weighted by molar-refractivity contribution is 5.89. The molecule has 24 heavy (non-hydrogen) atoms. The van der Waals surface area contributed by atoms with E-state index in [0.717, 1.165) is 5.56 Å². The highest BCUT2D eigenvalue weighted by Gasteiger charge is 2.32. The van der Waals surface area contributed by atoms with Crippen molar-refractivity contribution in [1.29, 1.82) is 0 Å². The first-order chi connectivity index (χ1) is 11.7. The summed E-state index contributed by atoms with van der Waals surface area (Å²) in [5.74, 6) is 0. The normalized spacial score (nSPS) is 20.7. The minimum Gasteiger partial charge on any atom is -0.336 e. The number of pyridine rings is 1. The number of aromatic nitrogens is 3. The highest BCUT2D eigenvalue weighted by atomic mass is 19.1. The second-order valence-electron chi connectivity index (χ2n) is 5.73. The zero-order valence-corrected chi connectivity index (χ0v) is 13.1. The summed E-state index contributed by atoms with van der Waals surface area (Å²) in [6, 6.07) is 3.04. The lowest BCUT2D eigenvalue weighted by atomic mass is 10.2. The summed E-state index contributed by atoms with van der Waals surface area (Å²) in [6.07, 6.45) is 7.63. The molecule has 3 rings (SSSR count). The average Bonchev–Trinajstić information content (AvgIpc) is 2.94. The van der Waals surface area contributed by atoms with Crippen molar-refractivity contribution in [3.05, 3.63) is 48.8 Å². The van der Waals surface area contributed by atoms with Crippen molar-refractivity contribution in [2.24, 2.45) is 0 Å².